The highest BCUT2D eigenvalue weighted by atomic mass is 16.5. The van der Waals surface area contributed by atoms with Crippen LogP contribution in [0.25, 0.3) is 16.6 Å². The van der Waals surface area contributed by atoms with Gasteiger partial charge in [0.1, 0.15) is 24.2 Å². The third-order valence-electron chi connectivity index (χ3n) is 7.32. The van der Waals surface area contributed by atoms with Gasteiger partial charge < -0.3 is 20.1 Å². The predicted octanol–water partition coefficient (Wildman–Crippen LogP) is 3.42. The Morgan fingerprint density at radius 2 is 2.05 bits per heavy atom. The van der Waals surface area contributed by atoms with Crippen molar-refractivity contribution >= 4 is 17.2 Å². The van der Waals surface area contributed by atoms with Crippen LogP contribution in [0, 0.1) is 17.2 Å². The number of rotatable bonds is 7. The summed E-state index contributed by atoms with van der Waals surface area (Å²) in [5.74, 6) is 1.84. The number of nitriles is 1. The summed E-state index contributed by atoms with van der Waals surface area (Å²) in [5, 5.41) is 27.2. The minimum Gasteiger partial charge on any atom is -0.489 e. The molecule has 2 N–H and O–H groups in total. The number of nitrogens with zero attached hydrogens (tertiary/aromatic N) is 5. The molecule has 0 spiro atoms. The molecule has 1 unspecified atom stereocenters. The van der Waals surface area contributed by atoms with Gasteiger partial charge in [-0.05, 0) is 50.6 Å². The van der Waals surface area contributed by atoms with Gasteiger partial charge in [-0.2, -0.15) is 10.4 Å². The fourth-order valence-corrected chi connectivity index (χ4v) is 5.24. The zero-order valence-corrected chi connectivity index (χ0v) is 21.2. The van der Waals surface area contributed by atoms with Gasteiger partial charge in [-0.3, -0.25) is 4.79 Å². The van der Waals surface area contributed by atoms with Crippen LogP contribution >= 0.6 is 0 Å². The molecule has 1 saturated carbocycles. The van der Waals surface area contributed by atoms with Crippen LogP contribution in [0.3, 0.4) is 0 Å². The van der Waals surface area contributed by atoms with E-state index in [0.717, 1.165) is 29.9 Å². The second-order valence-corrected chi connectivity index (χ2v) is 10.6. The number of nitrogens with one attached hydrogen (secondary N) is 1. The fraction of sp³-hybridized carbons (Fsp3) is 0.310. The summed E-state index contributed by atoms with van der Waals surface area (Å²) in [6, 6.07) is 17.9. The zero-order valence-electron chi connectivity index (χ0n) is 21.2. The number of amides is 1. The molecule has 9 nitrogen and oxygen atoms in total. The zero-order chi connectivity index (χ0) is 26.4. The highest BCUT2D eigenvalue weighted by Crippen LogP contribution is 2.44. The maximum absolute atomic E-state index is 12.5. The molecule has 1 amide bonds. The number of piperidine rings is 1. The number of aromatic nitrogens is 3. The summed E-state index contributed by atoms with van der Waals surface area (Å²) in [6.45, 7) is 4.32. The van der Waals surface area contributed by atoms with E-state index in [1.165, 1.54) is 6.20 Å². The minimum atomic E-state index is -0.986. The highest BCUT2D eigenvalue weighted by Gasteiger charge is 2.53. The van der Waals surface area contributed by atoms with Crippen LogP contribution in [-0.2, 0) is 0 Å². The van der Waals surface area contributed by atoms with Gasteiger partial charge in [-0.15, -0.1) is 0 Å². The number of hydrogen-bond acceptors (Lipinski definition) is 7. The summed E-state index contributed by atoms with van der Waals surface area (Å²) >= 11 is 0. The maximum Gasteiger partial charge on any atom is 0.251 e. The van der Waals surface area contributed by atoms with E-state index in [4.69, 9.17) is 9.72 Å². The lowest BCUT2D eigenvalue weighted by molar-refractivity contribution is 0.0283. The molecule has 6 rings (SSSR count). The molecule has 4 aromatic rings. The fourth-order valence-electron chi connectivity index (χ4n) is 5.24. The number of ether oxygens (including phenoxy) is 1. The number of anilines is 1. The largest absolute Gasteiger partial charge is 0.489 e. The van der Waals surface area contributed by atoms with Crippen LogP contribution in [0.1, 0.15) is 36.2 Å². The molecule has 1 aromatic carbocycles. The second kappa shape index (κ2) is 9.15. The number of pyridine rings is 2. The van der Waals surface area contributed by atoms with Gasteiger partial charge in [0.2, 0.25) is 0 Å². The Hall–Kier alpha value is -4.42. The first kappa shape index (κ1) is 23.9. The molecule has 4 heterocycles. The lowest BCUT2D eigenvalue weighted by Crippen LogP contribution is -2.73. The van der Waals surface area contributed by atoms with E-state index in [-0.39, 0.29) is 18.6 Å². The molecule has 9 heteroatoms. The standard InChI is InChI=1S/C29H28N6O3/c1-29(2,37)17-38-21-10-22(27-20(12-30)14-32-35(27)15-21)19-8-9-26(31-13-19)34-16-23-24(11-25(23)34)33-28(36)18-6-4-3-5-7-18/h3-10,13-15,23-25,37H,11,16-17H2,1-2H3,(H,33,36)/t23-,24-,25?/m0/s1. The average Bonchev–Trinajstić information content (AvgIpc) is 3.33. The lowest BCUT2D eigenvalue weighted by atomic mass is 9.66. The Kier molecular flexibility index (Phi) is 5.77. The summed E-state index contributed by atoms with van der Waals surface area (Å²) in [6.07, 6.45) is 5.94. The van der Waals surface area contributed by atoms with Crippen LogP contribution in [0.15, 0.2) is 67.1 Å². The van der Waals surface area contributed by atoms with Crippen molar-refractivity contribution in [1.29, 1.82) is 5.26 Å². The van der Waals surface area contributed by atoms with Crippen molar-refractivity contribution < 1.29 is 14.6 Å². The van der Waals surface area contributed by atoms with Crippen molar-refractivity contribution in [2.45, 2.75) is 38.0 Å². The molecule has 3 atom stereocenters. The molecule has 1 aliphatic heterocycles. The Morgan fingerprint density at radius 1 is 1.24 bits per heavy atom. The number of carbonyl (C=O) groups is 1. The molecule has 192 valence electrons. The van der Waals surface area contributed by atoms with Gasteiger partial charge >= 0.3 is 0 Å². The monoisotopic (exact) mass is 508 g/mol. The molecule has 3 aromatic heterocycles. The van der Waals surface area contributed by atoms with Gasteiger partial charge in [0.25, 0.3) is 5.91 Å². The van der Waals surface area contributed by atoms with E-state index in [2.05, 4.69) is 21.4 Å². The van der Waals surface area contributed by atoms with Crippen LogP contribution in [0.2, 0.25) is 0 Å². The number of hydrogen-bond donors (Lipinski definition) is 2. The normalized spacial score (nSPS) is 20.2. The van der Waals surface area contributed by atoms with E-state index in [1.807, 2.05) is 48.5 Å². The topological polar surface area (TPSA) is 116 Å². The van der Waals surface area contributed by atoms with Gasteiger partial charge in [0.15, 0.2) is 0 Å². The smallest absolute Gasteiger partial charge is 0.251 e. The number of carbonyl (C=O) groups excluding carboxylic acids is 1. The third-order valence-corrected chi connectivity index (χ3v) is 7.32. The molecule has 1 saturated heterocycles. The van der Waals surface area contributed by atoms with Crippen molar-refractivity contribution in [2.75, 3.05) is 18.1 Å². The van der Waals surface area contributed by atoms with E-state index >= 15 is 0 Å². The van der Waals surface area contributed by atoms with Crippen LogP contribution in [0.5, 0.6) is 5.75 Å². The van der Waals surface area contributed by atoms with Crippen LogP contribution in [-0.4, -0.2) is 56.4 Å². The molecule has 0 radical (unpaired) electrons. The average molecular weight is 509 g/mol. The Bertz CT molecular complexity index is 1540. The summed E-state index contributed by atoms with van der Waals surface area (Å²) in [4.78, 5) is 19.5. The van der Waals surface area contributed by atoms with Gasteiger partial charge in [0.05, 0.1) is 29.1 Å². The quantitative estimate of drug-likeness (QED) is 0.393. The number of aliphatic hydroxyl groups is 1. The van der Waals surface area contributed by atoms with Crippen LogP contribution < -0.4 is 15.0 Å². The molecule has 2 fully saturated rings. The van der Waals surface area contributed by atoms with Gasteiger partial charge in [-0.1, -0.05) is 18.2 Å². The van der Waals surface area contributed by atoms with Crippen LogP contribution in [0.4, 0.5) is 5.82 Å². The first-order valence-corrected chi connectivity index (χ1v) is 12.7. The summed E-state index contributed by atoms with van der Waals surface area (Å²) in [5.41, 5.74) is 2.45. The Labute approximate surface area is 220 Å². The molecular formula is C29H28N6O3. The molecular weight excluding hydrogens is 480 g/mol. The molecule has 0 bridgehead atoms. The van der Waals surface area contributed by atoms with E-state index in [9.17, 15) is 15.2 Å². The number of benzene rings is 1. The molecule has 1 aliphatic carbocycles. The molecule has 38 heavy (non-hydrogen) atoms. The minimum absolute atomic E-state index is 0.0216. The summed E-state index contributed by atoms with van der Waals surface area (Å²) < 4.78 is 7.44. The van der Waals surface area contributed by atoms with Crippen molar-refractivity contribution in [2.24, 2.45) is 5.92 Å². The Balaban J connectivity index is 1.17. The number of fused-ring (bicyclic) bond motifs is 2. The first-order valence-electron chi connectivity index (χ1n) is 12.7. The highest BCUT2D eigenvalue weighted by molar-refractivity contribution is 5.94. The first-order chi connectivity index (χ1) is 18.3. The van der Waals surface area contributed by atoms with E-state index in [0.29, 0.717) is 34.4 Å². The maximum atomic E-state index is 12.5. The van der Waals surface area contributed by atoms with Crippen molar-refractivity contribution in [3.8, 4) is 22.9 Å². The van der Waals surface area contributed by atoms with E-state index < -0.39 is 5.60 Å². The van der Waals surface area contributed by atoms with Gasteiger partial charge in [-0.25, -0.2) is 9.50 Å². The third kappa shape index (κ3) is 4.33. The summed E-state index contributed by atoms with van der Waals surface area (Å²) in [7, 11) is 0. The van der Waals surface area contributed by atoms with Crippen molar-refractivity contribution in [1.82, 2.24) is 19.9 Å². The second-order valence-electron chi connectivity index (χ2n) is 10.6. The van der Waals surface area contributed by atoms with Crippen molar-refractivity contribution in [3.05, 3.63) is 78.2 Å². The Morgan fingerprint density at radius 3 is 2.71 bits per heavy atom. The van der Waals surface area contributed by atoms with Gasteiger partial charge in [0, 0.05) is 47.4 Å². The molecule has 2 aliphatic rings. The lowest BCUT2D eigenvalue weighted by Gasteiger charge is -2.60. The predicted molar refractivity (Wildman–Crippen MR) is 142 cm³/mol. The SMILES string of the molecule is CC(C)(O)COc1cc(-c2ccc(N3C[C@@H]4C3C[C@@H]4NC(=O)c3ccccc3)nc2)c2c(C#N)cnn2c1. The van der Waals surface area contributed by atoms with Crippen molar-refractivity contribution in [3.63, 3.8) is 0 Å². The van der Waals surface area contributed by atoms with E-state index in [1.54, 1.807) is 30.8 Å².